The summed E-state index contributed by atoms with van der Waals surface area (Å²) in [6, 6.07) is 1.29. The van der Waals surface area contributed by atoms with Crippen molar-refractivity contribution < 1.29 is 17.5 Å². The van der Waals surface area contributed by atoms with Gasteiger partial charge in [0.2, 0.25) is 10.0 Å². The van der Waals surface area contributed by atoms with E-state index in [1.807, 2.05) is 0 Å². The van der Waals surface area contributed by atoms with Crippen LogP contribution in [0.4, 0.5) is 10.2 Å². The molecule has 1 saturated carbocycles. The van der Waals surface area contributed by atoms with Crippen LogP contribution in [0, 0.1) is 5.82 Å². The molecule has 0 spiro atoms. The Hall–Kier alpha value is -2.34. The normalized spacial score (nSPS) is 20.3. The third-order valence-electron chi connectivity index (χ3n) is 5.43. The Morgan fingerprint density at radius 2 is 2.16 bits per heavy atom. The quantitative estimate of drug-likeness (QED) is 0.573. The van der Waals surface area contributed by atoms with E-state index in [1.54, 1.807) is 12.3 Å². The van der Waals surface area contributed by atoms with Gasteiger partial charge in [0.25, 0.3) is 0 Å². The van der Waals surface area contributed by atoms with E-state index in [2.05, 4.69) is 25.3 Å². The number of fused-ring (bicyclic) bond motifs is 1. The van der Waals surface area contributed by atoms with Crippen LogP contribution in [0.2, 0.25) is 5.02 Å². The fourth-order valence-electron chi connectivity index (χ4n) is 3.69. The first-order chi connectivity index (χ1) is 14.9. The number of H-pyrrole nitrogens is 1. The van der Waals surface area contributed by atoms with Crippen LogP contribution in [0.5, 0.6) is 0 Å². The summed E-state index contributed by atoms with van der Waals surface area (Å²) in [7, 11) is -3.36. The van der Waals surface area contributed by atoms with Gasteiger partial charge in [-0.05, 0) is 18.9 Å². The maximum atomic E-state index is 14.4. The van der Waals surface area contributed by atoms with E-state index in [1.165, 1.54) is 10.5 Å². The van der Waals surface area contributed by atoms with Crippen molar-refractivity contribution in [1.29, 1.82) is 0 Å². The number of sulfonamides is 1. The predicted octanol–water partition coefficient (Wildman–Crippen LogP) is 2.42. The van der Waals surface area contributed by atoms with Crippen molar-refractivity contribution >= 4 is 38.5 Å². The first-order valence-electron chi connectivity index (χ1n) is 9.91. The summed E-state index contributed by atoms with van der Waals surface area (Å²) < 4.78 is 46.8. The number of anilines is 1. The second-order valence-electron chi connectivity index (χ2n) is 7.61. The summed E-state index contributed by atoms with van der Waals surface area (Å²) in [5.41, 5.74) is 1.24. The molecule has 9 nitrogen and oxygen atoms in total. The summed E-state index contributed by atoms with van der Waals surface area (Å²) in [5, 5.41) is 3.81. The minimum Gasteiger partial charge on any atom is -0.378 e. The number of hydrogen-bond acceptors (Lipinski definition) is 7. The molecule has 5 rings (SSSR count). The second-order valence-corrected chi connectivity index (χ2v) is 10.2. The van der Waals surface area contributed by atoms with Crippen LogP contribution in [0.25, 0.3) is 22.4 Å². The average molecular weight is 467 g/mol. The van der Waals surface area contributed by atoms with E-state index in [9.17, 15) is 12.8 Å². The second kappa shape index (κ2) is 7.97. The van der Waals surface area contributed by atoms with Gasteiger partial charge in [-0.15, -0.1) is 0 Å². The summed E-state index contributed by atoms with van der Waals surface area (Å²) in [6.07, 6.45) is 5.66. The van der Waals surface area contributed by atoms with Gasteiger partial charge in [0.15, 0.2) is 17.5 Å². The maximum Gasteiger partial charge on any atom is 0.217 e. The van der Waals surface area contributed by atoms with E-state index in [-0.39, 0.29) is 24.2 Å². The molecule has 2 aliphatic rings. The molecule has 12 heteroatoms. The van der Waals surface area contributed by atoms with Crippen molar-refractivity contribution in [1.82, 2.24) is 24.2 Å². The molecule has 1 aliphatic carbocycles. The SMILES string of the molecule is O=S(=O)(C1CC1)N1CCOCC1CNc1nc(-c2c[nH]c3ncc(Cl)cc23)ncc1F. The Bertz CT molecular complexity index is 1230. The number of pyridine rings is 1. The molecule has 2 N–H and O–H groups in total. The van der Waals surface area contributed by atoms with Gasteiger partial charge < -0.3 is 15.0 Å². The van der Waals surface area contributed by atoms with E-state index in [0.29, 0.717) is 53.4 Å². The number of nitrogens with zero attached hydrogens (tertiary/aromatic N) is 4. The number of aromatic amines is 1. The Balaban J connectivity index is 1.39. The van der Waals surface area contributed by atoms with Crippen LogP contribution >= 0.6 is 11.6 Å². The Morgan fingerprint density at radius 1 is 1.32 bits per heavy atom. The minimum absolute atomic E-state index is 0.0105. The van der Waals surface area contributed by atoms with Gasteiger partial charge >= 0.3 is 0 Å². The highest BCUT2D eigenvalue weighted by atomic mass is 35.5. The molecule has 0 aromatic carbocycles. The van der Waals surface area contributed by atoms with Gasteiger partial charge in [-0.3, -0.25) is 0 Å². The zero-order chi connectivity index (χ0) is 21.6. The standard InChI is InChI=1S/C19H20ClFN6O3S/c20-11-5-14-15(8-24-17(14)22-6-11)18-25-9-16(21)19(26-18)23-7-12-10-30-4-3-27(12)31(28,29)13-1-2-13/h5-6,8-9,12-13H,1-4,7,10H2,(H,22,24)(H,23,25,26). The van der Waals surface area contributed by atoms with Crippen LogP contribution in [0.3, 0.4) is 0 Å². The van der Waals surface area contributed by atoms with Gasteiger partial charge in [-0.2, -0.15) is 4.31 Å². The molecule has 1 unspecified atom stereocenters. The van der Waals surface area contributed by atoms with Crippen molar-refractivity contribution in [3.63, 3.8) is 0 Å². The van der Waals surface area contributed by atoms with Gasteiger partial charge in [-0.1, -0.05) is 11.6 Å². The minimum atomic E-state index is -3.36. The Labute approximate surface area is 183 Å². The summed E-state index contributed by atoms with van der Waals surface area (Å²) >= 11 is 6.05. The highest BCUT2D eigenvalue weighted by Crippen LogP contribution is 2.33. The molecule has 1 atom stereocenters. The van der Waals surface area contributed by atoms with E-state index in [0.717, 1.165) is 6.20 Å². The topological polar surface area (TPSA) is 113 Å². The highest BCUT2D eigenvalue weighted by molar-refractivity contribution is 7.90. The Morgan fingerprint density at radius 3 is 2.97 bits per heavy atom. The molecule has 0 radical (unpaired) electrons. The number of hydrogen-bond donors (Lipinski definition) is 2. The number of halogens is 2. The van der Waals surface area contributed by atoms with Crippen molar-refractivity contribution in [2.45, 2.75) is 24.1 Å². The lowest BCUT2D eigenvalue weighted by atomic mass is 10.2. The molecule has 164 valence electrons. The van der Waals surface area contributed by atoms with Crippen molar-refractivity contribution in [3.05, 3.63) is 35.5 Å². The van der Waals surface area contributed by atoms with Gasteiger partial charge in [0.05, 0.1) is 35.7 Å². The number of morpholine rings is 1. The molecule has 2 fully saturated rings. The van der Waals surface area contributed by atoms with Crippen molar-refractivity contribution in [2.75, 3.05) is 31.6 Å². The van der Waals surface area contributed by atoms with Crippen molar-refractivity contribution in [3.8, 4) is 11.4 Å². The fraction of sp³-hybridized carbons (Fsp3) is 0.421. The molecule has 0 bridgehead atoms. The lowest BCUT2D eigenvalue weighted by molar-refractivity contribution is 0.0371. The van der Waals surface area contributed by atoms with Crippen LogP contribution in [0.15, 0.2) is 24.7 Å². The van der Waals surface area contributed by atoms with Gasteiger partial charge in [-0.25, -0.2) is 27.8 Å². The predicted molar refractivity (Wildman–Crippen MR) is 114 cm³/mol. The summed E-state index contributed by atoms with van der Waals surface area (Å²) in [6.45, 7) is 1.06. The maximum absolute atomic E-state index is 14.4. The molecule has 3 aromatic rings. The van der Waals surface area contributed by atoms with E-state index >= 15 is 0 Å². The van der Waals surface area contributed by atoms with E-state index < -0.39 is 21.9 Å². The molecular weight excluding hydrogens is 447 g/mol. The average Bonchev–Trinajstić information content (AvgIpc) is 3.55. The number of aromatic nitrogens is 4. The first-order valence-corrected chi connectivity index (χ1v) is 11.8. The van der Waals surface area contributed by atoms with Crippen LogP contribution in [-0.4, -0.2) is 70.3 Å². The zero-order valence-corrected chi connectivity index (χ0v) is 18.0. The van der Waals surface area contributed by atoms with Gasteiger partial charge in [0, 0.05) is 36.4 Å². The fourth-order valence-corrected chi connectivity index (χ4v) is 5.84. The van der Waals surface area contributed by atoms with Crippen LogP contribution in [0.1, 0.15) is 12.8 Å². The van der Waals surface area contributed by atoms with Crippen molar-refractivity contribution in [2.24, 2.45) is 0 Å². The molecule has 1 aliphatic heterocycles. The first kappa shape index (κ1) is 20.6. The van der Waals surface area contributed by atoms with Crippen LogP contribution in [-0.2, 0) is 14.8 Å². The van der Waals surface area contributed by atoms with Gasteiger partial charge in [0.1, 0.15) is 5.65 Å². The molecule has 1 saturated heterocycles. The van der Waals surface area contributed by atoms with Crippen LogP contribution < -0.4 is 5.32 Å². The molecule has 4 heterocycles. The highest BCUT2D eigenvalue weighted by Gasteiger charge is 2.43. The third kappa shape index (κ3) is 3.98. The molecule has 3 aromatic heterocycles. The summed E-state index contributed by atoms with van der Waals surface area (Å²) in [4.78, 5) is 15.6. The monoisotopic (exact) mass is 466 g/mol. The smallest absolute Gasteiger partial charge is 0.217 e. The molecular formula is C19H20ClFN6O3S. The molecule has 0 amide bonds. The lowest BCUT2D eigenvalue weighted by Crippen LogP contribution is -2.52. The number of ether oxygens (including phenoxy) is 1. The lowest BCUT2D eigenvalue weighted by Gasteiger charge is -2.34. The summed E-state index contributed by atoms with van der Waals surface area (Å²) in [5.74, 6) is -0.349. The number of nitrogens with one attached hydrogen (secondary N) is 2. The Kier molecular flexibility index (Phi) is 5.29. The third-order valence-corrected chi connectivity index (χ3v) is 8.09. The zero-order valence-electron chi connectivity index (χ0n) is 16.4. The molecule has 31 heavy (non-hydrogen) atoms. The van der Waals surface area contributed by atoms with E-state index in [4.69, 9.17) is 16.3 Å². The number of rotatable bonds is 6. The largest absolute Gasteiger partial charge is 0.378 e.